The number of aromatic nitrogens is 2. The molecule has 2 aromatic rings. The zero-order valence-electron chi connectivity index (χ0n) is 10.7. The Labute approximate surface area is 115 Å². The number of benzene rings is 1. The summed E-state index contributed by atoms with van der Waals surface area (Å²) in [5.41, 5.74) is 2.68. The van der Waals surface area contributed by atoms with Crippen LogP contribution in [0.25, 0.3) is 16.7 Å². The molecule has 1 unspecified atom stereocenters. The molecule has 0 radical (unpaired) electrons. The highest BCUT2D eigenvalue weighted by Crippen LogP contribution is 2.28. The van der Waals surface area contributed by atoms with Gasteiger partial charge in [0.25, 0.3) is 0 Å². The number of aryl methyl sites for hydroxylation is 1. The minimum Gasteiger partial charge on any atom is -0.459 e. The average molecular weight is 277 g/mol. The molecule has 5 heteroatoms. The predicted octanol–water partition coefficient (Wildman–Crippen LogP) is 3.17. The maximum Gasteiger partial charge on any atom is 0.332 e. The Hall–Kier alpha value is -1.81. The number of imidazole rings is 1. The third kappa shape index (κ3) is 2.12. The molecule has 0 saturated heterocycles. The highest BCUT2D eigenvalue weighted by molar-refractivity contribution is 6.31. The zero-order chi connectivity index (χ0) is 13.6. The Morgan fingerprint density at radius 1 is 1.47 bits per heavy atom. The van der Waals surface area contributed by atoms with Crippen LogP contribution in [0.5, 0.6) is 0 Å². The molecule has 0 fully saturated rings. The van der Waals surface area contributed by atoms with Crippen LogP contribution in [0.4, 0.5) is 0 Å². The van der Waals surface area contributed by atoms with E-state index in [0.29, 0.717) is 11.4 Å². The van der Waals surface area contributed by atoms with Crippen molar-refractivity contribution >= 4 is 34.3 Å². The third-order valence-corrected chi connectivity index (χ3v) is 3.40. The molecule has 0 amide bonds. The average Bonchev–Trinajstić information content (AvgIpc) is 2.63. The van der Waals surface area contributed by atoms with E-state index < -0.39 is 0 Å². The summed E-state index contributed by atoms with van der Waals surface area (Å²) in [5.74, 6) is 0.530. The van der Waals surface area contributed by atoms with E-state index in [-0.39, 0.29) is 12.1 Å². The number of cyclic esters (lactones) is 1. The number of esters is 1. The molecule has 0 bridgehead atoms. The van der Waals surface area contributed by atoms with Crippen LogP contribution in [0.2, 0.25) is 5.02 Å². The number of nitrogens with zero attached hydrogens (tertiary/aromatic N) is 2. The molecule has 1 aromatic heterocycles. The Morgan fingerprint density at radius 3 is 3.00 bits per heavy atom. The first-order valence-electron chi connectivity index (χ1n) is 6.11. The molecule has 2 heterocycles. The van der Waals surface area contributed by atoms with Gasteiger partial charge < -0.3 is 4.74 Å². The quantitative estimate of drug-likeness (QED) is 0.752. The molecule has 3 rings (SSSR count). The van der Waals surface area contributed by atoms with Gasteiger partial charge in [0.05, 0.1) is 11.0 Å². The molecule has 98 valence electrons. The SMILES string of the molecule is Cc1nc2ccc(Cl)cc2n1C1=CC(=O)OC(C)C1. The maximum atomic E-state index is 11.5. The van der Waals surface area contributed by atoms with Gasteiger partial charge in [-0.25, -0.2) is 9.78 Å². The van der Waals surface area contributed by atoms with Crippen molar-refractivity contribution in [3.05, 3.63) is 35.1 Å². The van der Waals surface area contributed by atoms with Gasteiger partial charge in [0.1, 0.15) is 11.9 Å². The van der Waals surface area contributed by atoms with Crippen LogP contribution in [-0.4, -0.2) is 21.6 Å². The number of halogens is 1. The van der Waals surface area contributed by atoms with Gasteiger partial charge in [-0.15, -0.1) is 0 Å². The van der Waals surface area contributed by atoms with Gasteiger partial charge in [-0.2, -0.15) is 0 Å². The van der Waals surface area contributed by atoms with E-state index in [0.717, 1.165) is 22.6 Å². The summed E-state index contributed by atoms with van der Waals surface area (Å²) in [4.78, 5) is 16.0. The normalized spacial score (nSPS) is 19.4. The predicted molar refractivity (Wildman–Crippen MR) is 73.9 cm³/mol. The smallest absolute Gasteiger partial charge is 0.332 e. The lowest BCUT2D eigenvalue weighted by Gasteiger charge is -2.21. The first-order valence-corrected chi connectivity index (χ1v) is 6.48. The second-order valence-corrected chi connectivity index (χ2v) is 5.15. The summed E-state index contributed by atoms with van der Waals surface area (Å²) >= 11 is 6.04. The number of hydrogen-bond donors (Lipinski definition) is 0. The van der Waals surface area contributed by atoms with E-state index in [1.165, 1.54) is 6.08 Å². The first kappa shape index (κ1) is 12.2. The van der Waals surface area contributed by atoms with E-state index in [9.17, 15) is 4.79 Å². The van der Waals surface area contributed by atoms with Crippen LogP contribution in [0.15, 0.2) is 24.3 Å². The molecule has 1 aromatic carbocycles. The number of rotatable bonds is 1. The summed E-state index contributed by atoms with van der Waals surface area (Å²) in [6.07, 6.45) is 2.07. The van der Waals surface area contributed by atoms with Crippen LogP contribution in [0.3, 0.4) is 0 Å². The molecule has 0 spiro atoms. The number of ether oxygens (including phenoxy) is 1. The molecule has 1 atom stereocenters. The van der Waals surface area contributed by atoms with Gasteiger partial charge in [-0.1, -0.05) is 11.6 Å². The zero-order valence-corrected chi connectivity index (χ0v) is 11.4. The summed E-state index contributed by atoms with van der Waals surface area (Å²) < 4.78 is 7.09. The van der Waals surface area contributed by atoms with Crippen LogP contribution in [0, 0.1) is 6.92 Å². The second kappa shape index (κ2) is 4.38. The van der Waals surface area contributed by atoms with Crippen molar-refractivity contribution in [2.24, 2.45) is 0 Å². The Kier molecular flexibility index (Phi) is 2.82. The summed E-state index contributed by atoms with van der Waals surface area (Å²) in [6, 6.07) is 5.56. The highest BCUT2D eigenvalue weighted by Gasteiger charge is 2.21. The van der Waals surface area contributed by atoms with Crippen molar-refractivity contribution in [1.29, 1.82) is 0 Å². The molecule has 1 aliphatic rings. The fourth-order valence-corrected chi connectivity index (χ4v) is 2.62. The third-order valence-electron chi connectivity index (χ3n) is 3.17. The number of carbonyl (C=O) groups excluding carboxylic acids is 1. The second-order valence-electron chi connectivity index (χ2n) is 4.71. The van der Waals surface area contributed by atoms with Crippen LogP contribution < -0.4 is 0 Å². The number of carbonyl (C=O) groups is 1. The van der Waals surface area contributed by atoms with Crippen LogP contribution >= 0.6 is 11.6 Å². The monoisotopic (exact) mass is 276 g/mol. The fourth-order valence-electron chi connectivity index (χ4n) is 2.45. The van der Waals surface area contributed by atoms with Crippen LogP contribution in [0.1, 0.15) is 19.2 Å². The van der Waals surface area contributed by atoms with Gasteiger partial charge in [0, 0.05) is 23.2 Å². The van der Waals surface area contributed by atoms with Crippen molar-refractivity contribution in [1.82, 2.24) is 9.55 Å². The summed E-state index contributed by atoms with van der Waals surface area (Å²) in [5, 5.41) is 0.653. The van der Waals surface area contributed by atoms with E-state index in [1.54, 1.807) is 0 Å². The highest BCUT2D eigenvalue weighted by atomic mass is 35.5. The minimum absolute atomic E-state index is 0.122. The first-order chi connectivity index (χ1) is 9.04. The van der Waals surface area contributed by atoms with Crippen molar-refractivity contribution in [3.8, 4) is 0 Å². The maximum absolute atomic E-state index is 11.5. The standard InChI is InChI=1S/C14H13ClN2O2/c1-8-5-11(7-14(18)19-8)17-9(2)16-12-4-3-10(15)6-13(12)17/h3-4,6-8H,5H2,1-2H3. The fraction of sp³-hybridized carbons (Fsp3) is 0.286. The van der Waals surface area contributed by atoms with Gasteiger partial charge in [0.2, 0.25) is 0 Å². The Morgan fingerprint density at radius 2 is 2.26 bits per heavy atom. The summed E-state index contributed by atoms with van der Waals surface area (Å²) in [7, 11) is 0. The van der Waals surface area contributed by atoms with E-state index in [1.807, 2.05) is 36.6 Å². The van der Waals surface area contributed by atoms with Crippen molar-refractivity contribution < 1.29 is 9.53 Å². The lowest BCUT2D eigenvalue weighted by atomic mass is 10.1. The van der Waals surface area contributed by atoms with E-state index in [2.05, 4.69) is 4.98 Å². The molecular formula is C14H13ClN2O2. The van der Waals surface area contributed by atoms with Crippen molar-refractivity contribution in [3.63, 3.8) is 0 Å². The van der Waals surface area contributed by atoms with Gasteiger partial charge >= 0.3 is 5.97 Å². The number of fused-ring (bicyclic) bond motifs is 1. The van der Waals surface area contributed by atoms with E-state index >= 15 is 0 Å². The number of hydrogen-bond acceptors (Lipinski definition) is 3. The van der Waals surface area contributed by atoms with Crippen molar-refractivity contribution in [2.45, 2.75) is 26.4 Å². The topological polar surface area (TPSA) is 44.1 Å². The largest absolute Gasteiger partial charge is 0.459 e. The van der Waals surface area contributed by atoms with Gasteiger partial charge in [-0.05, 0) is 32.0 Å². The lowest BCUT2D eigenvalue weighted by molar-refractivity contribution is -0.142. The molecule has 19 heavy (non-hydrogen) atoms. The Bertz CT molecular complexity index is 703. The van der Waals surface area contributed by atoms with Crippen molar-refractivity contribution in [2.75, 3.05) is 0 Å². The van der Waals surface area contributed by atoms with Gasteiger partial charge in [-0.3, -0.25) is 4.57 Å². The lowest BCUT2D eigenvalue weighted by Crippen LogP contribution is -2.21. The summed E-state index contributed by atoms with van der Waals surface area (Å²) in [6.45, 7) is 3.80. The molecular weight excluding hydrogens is 264 g/mol. The minimum atomic E-state index is -0.308. The molecule has 1 aliphatic heterocycles. The Balaban J connectivity index is 2.22. The molecule has 0 N–H and O–H groups in total. The molecule has 0 saturated carbocycles. The van der Waals surface area contributed by atoms with Crippen LogP contribution in [-0.2, 0) is 9.53 Å². The van der Waals surface area contributed by atoms with E-state index in [4.69, 9.17) is 16.3 Å². The van der Waals surface area contributed by atoms with Gasteiger partial charge in [0.15, 0.2) is 0 Å². The molecule has 4 nitrogen and oxygen atoms in total. The molecule has 0 aliphatic carbocycles.